The maximum absolute atomic E-state index is 12.5. The van der Waals surface area contributed by atoms with E-state index in [1.807, 2.05) is 31.7 Å². The Morgan fingerprint density at radius 3 is 2.65 bits per heavy atom. The van der Waals surface area contributed by atoms with Gasteiger partial charge in [0.05, 0.1) is 6.54 Å². The highest BCUT2D eigenvalue weighted by Gasteiger charge is 2.39. The Kier molecular flexibility index (Phi) is 4.42. The van der Waals surface area contributed by atoms with Crippen molar-refractivity contribution in [2.24, 2.45) is 7.05 Å². The average molecular weight is 278 g/mol. The lowest BCUT2D eigenvalue weighted by atomic mass is 10.0. The van der Waals surface area contributed by atoms with Crippen LogP contribution in [0.1, 0.15) is 38.9 Å². The molecule has 1 N–H and O–H groups in total. The molecule has 0 bridgehead atoms. The van der Waals surface area contributed by atoms with E-state index in [0.717, 1.165) is 12.2 Å². The van der Waals surface area contributed by atoms with Crippen LogP contribution in [0.2, 0.25) is 0 Å². The van der Waals surface area contributed by atoms with Gasteiger partial charge in [0.25, 0.3) is 0 Å². The average Bonchev–Trinajstić information content (AvgIpc) is 2.81. The minimum absolute atomic E-state index is 0.00120. The van der Waals surface area contributed by atoms with Crippen molar-refractivity contribution in [3.05, 3.63) is 18.2 Å². The van der Waals surface area contributed by atoms with Gasteiger partial charge in [0.2, 0.25) is 11.8 Å². The molecule has 20 heavy (non-hydrogen) atoms. The Hall–Kier alpha value is -1.85. The predicted octanol–water partition coefficient (Wildman–Crippen LogP) is 0.826. The van der Waals surface area contributed by atoms with Gasteiger partial charge < -0.3 is 14.8 Å². The Bertz CT molecular complexity index is 497. The third kappa shape index (κ3) is 2.69. The molecule has 2 heterocycles. The summed E-state index contributed by atoms with van der Waals surface area (Å²) in [5, 5.41) is 2.83. The molecule has 2 amide bonds. The molecular formula is C14H22N4O2. The first-order valence-electron chi connectivity index (χ1n) is 7.15. The van der Waals surface area contributed by atoms with Gasteiger partial charge in [-0.15, -0.1) is 0 Å². The number of piperazine rings is 1. The van der Waals surface area contributed by atoms with Crippen molar-refractivity contribution in [2.45, 2.75) is 51.7 Å². The topological polar surface area (TPSA) is 67.2 Å². The number of nitrogens with one attached hydrogen (secondary N) is 1. The number of aromatic nitrogens is 2. The van der Waals surface area contributed by atoms with Crippen molar-refractivity contribution in [2.75, 3.05) is 0 Å². The first kappa shape index (κ1) is 14.6. The van der Waals surface area contributed by atoms with Crippen molar-refractivity contribution in [1.29, 1.82) is 0 Å². The molecular weight excluding hydrogens is 256 g/mol. The van der Waals surface area contributed by atoms with Gasteiger partial charge in [0.1, 0.15) is 17.9 Å². The molecule has 6 heteroatoms. The maximum Gasteiger partial charge on any atom is 0.246 e. The second kappa shape index (κ2) is 6.07. The number of carbonyl (C=O) groups excluding carboxylic acids is 2. The van der Waals surface area contributed by atoms with Crippen LogP contribution in [0.5, 0.6) is 0 Å². The van der Waals surface area contributed by atoms with Crippen LogP contribution < -0.4 is 5.32 Å². The lowest BCUT2D eigenvalue weighted by Crippen LogP contribution is -2.62. The Morgan fingerprint density at radius 1 is 1.35 bits per heavy atom. The molecule has 0 aromatic carbocycles. The van der Waals surface area contributed by atoms with E-state index in [2.05, 4.69) is 10.3 Å². The number of rotatable bonds is 5. The molecule has 110 valence electrons. The maximum atomic E-state index is 12.5. The Balaban J connectivity index is 2.22. The van der Waals surface area contributed by atoms with E-state index in [0.29, 0.717) is 19.4 Å². The minimum Gasteiger partial charge on any atom is -0.343 e. The van der Waals surface area contributed by atoms with Crippen LogP contribution in [0, 0.1) is 0 Å². The van der Waals surface area contributed by atoms with E-state index in [1.54, 1.807) is 11.1 Å². The number of amides is 2. The summed E-state index contributed by atoms with van der Waals surface area (Å²) in [6.07, 6.45) is 5.70. The molecule has 2 rings (SSSR count). The zero-order valence-electron chi connectivity index (χ0n) is 12.3. The van der Waals surface area contributed by atoms with Gasteiger partial charge >= 0.3 is 0 Å². The fraction of sp³-hybridized carbons (Fsp3) is 0.643. The fourth-order valence-corrected chi connectivity index (χ4v) is 2.60. The lowest BCUT2D eigenvalue weighted by molar-refractivity contribution is -0.150. The predicted molar refractivity (Wildman–Crippen MR) is 74.7 cm³/mol. The zero-order chi connectivity index (χ0) is 14.7. The molecule has 1 aliphatic heterocycles. The van der Waals surface area contributed by atoms with Gasteiger partial charge in [-0.05, 0) is 12.8 Å². The van der Waals surface area contributed by atoms with E-state index >= 15 is 0 Å². The van der Waals surface area contributed by atoms with Crippen LogP contribution in [0.15, 0.2) is 12.4 Å². The number of hydrogen-bond donors (Lipinski definition) is 1. The molecule has 1 saturated heterocycles. The van der Waals surface area contributed by atoms with E-state index in [4.69, 9.17) is 0 Å². The summed E-state index contributed by atoms with van der Waals surface area (Å²) < 4.78 is 1.88. The summed E-state index contributed by atoms with van der Waals surface area (Å²) in [6, 6.07) is -0.789. The van der Waals surface area contributed by atoms with Crippen molar-refractivity contribution in [3.63, 3.8) is 0 Å². The fourth-order valence-electron chi connectivity index (χ4n) is 2.60. The molecule has 0 spiro atoms. The number of hydrogen-bond acceptors (Lipinski definition) is 3. The highest BCUT2D eigenvalue weighted by atomic mass is 16.2. The monoisotopic (exact) mass is 278 g/mol. The summed E-state index contributed by atoms with van der Waals surface area (Å²) in [7, 11) is 1.89. The van der Waals surface area contributed by atoms with Gasteiger partial charge in [-0.3, -0.25) is 9.59 Å². The van der Waals surface area contributed by atoms with Crippen LogP contribution in [0.3, 0.4) is 0 Å². The van der Waals surface area contributed by atoms with Crippen molar-refractivity contribution < 1.29 is 9.59 Å². The van der Waals surface area contributed by atoms with Crippen LogP contribution in [-0.4, -0.2) is 38.3 Å². The molecule has 0 aliphatic carbocycles. The van der Waals surface area contributed by atoms with E-state index in [1.165, 1.54) is 0 Å². The van der Waals surface area contributed by atoms with Gasteiger partial charge in [0, 0.05) is 19.4 Å². The summed E-state index contributed by atoms with van der Waals surface area (Å²) >= 11 is 0. The smallest absolute Gasteiger partial charge is 0.246 e. The molecule has 1 aromatic heterocycles. The third-order valence-electron chi connectivity index (χ3n) is 3.77. The number of nitrogens with zero attached hydrogens (tertiary/aromatic N) is 3. The third-order valence-corrected chi connectivity index (χ3v) is 3.77. The molecule has 1 aliphatic rings. The number of imidazole rings is 1. The van der Waals surface area contributed by atoms with Crippen LogP contribution >= 0.6 is 0 Å². The zero-order valence-corrected chi connectivity index (χ0v) is 12.3. The largest absolute Gasteiger partial charge is 0.343 e. The highest BCUT2D eigenvalue weighted by molar-refractivity contribution is 5.96. The first-order valence-corrected chi connectivity index (χ1v) is 7.15. The van der Waals surface area contributed by atoms with Gasteiger partial charge in [-0.2, -0.15) is 0 Å². The van der Waals surface area contributed by atoms with Crippen molar-refractivity contribution >= 4 is 11.8 Å². The quantitative estimate of drug-likeness (QED) is 0.867. The van der Waals surface area contributed by atoms with Gasteiger partial charge in [-0.25, -0.2) is 4.98 Å². The summed E-state index contributed by atoms with van der Waals surface area (Å²) in [5.74, 6) is 0.739. The standard InChI is InChI=1S/C14H22N4O2/c1-4-6-10-14(20)18(11(5-2)13(19)16-10)9-12-15-7-8-17(12)3/h7-8,10-11H,4-6,9H2,1-3H3,(H,16,19). The van der Waals surface area contributed by atoms with Gasteiger partial charge in [-0.1, -0.05) is 20.3 Å². The van der Waals surface area contributed by atoms with Crippen LogP contribution in [0.4, 0.5) is 0 Å². The van der Waals surface area contributed by atoms with Crippen molar-refractivity contribution in [1.82, 2.24) is 19.8 Å². The molecule has 2 unspecified atom stereocenters. The number of carbonyl (C=O) groups is 2. The molecule has 6 nitrogen and oxygen atoms in total. The second-order valence-corrected chi connectivity index (χ2v) is 5.19. The normalized spacial score (nSPS) is 23.1. The molecule has 1 fully saturated rings. The molecule has 0 saturated carbocycles. The molecule has 0 radical (unpaired) electrons. The first-order chi connectivity index (χ1) is 9.58. The highest BCUT2D eigenvalue weighted by Crippen LogP contribution is 2.18. The molecule has 1 aromatic rings. The summed E-state index contributed by atoms with van der Waals surface area (Å²) in [6.45, 7) is 4.31. The van der Waals surface area contributed by atoms with Crippen molar-refractivity contribution in [3.8, 4) is 0 Å². The Labute approximate surface area is 119 Å². The lowest BCUT2D eigenvalue weighted by Gasteiger charge is -2.38. The second-order valence-electron chi connectivity index (χ2n) is 5.19. The van der Waals surface area contributed by atoms with Crippen LogP contribution in [0.25, 0.3) is 0 Å². The summed E-state index contributed by atoms with van der Waals surface area (Å²) in [5.41, 5.74) is 0. The minimum atomic E-state index is -0.396. The van der Waals surface area contributed by atoms with E-state index in [9.17, 15) is 9.59 Å². The van der Waals surface area contributed by atoms with E-state index in [-0.39, 0.29) is 11.8 Å². The van der Waals surface area contributed by atoms with Gasteiger partial charge in [0.15, 0.2) is 0 Å². The SMILES string of the molecule is CCCC1NC(=O)C(CC)N(Cc2nccn2C)C1=O. The number of aryl methyl sites for hydroxylation is 1. The Morgan fingerprint density at radius 2 is 2.10 bits per heavy atom. The van der Waals surface area contributed by atoms with E-state index < -0.39 is 12.1 Å². The molecule has 2 atom stereocenters. The van der Waals surface area contributed by atoms with Crippen LogP contribution in [-0.2, 0) is 23.2 Å². The summed E-state index contributed by atoms with van der Waals surface area (Å²) in [4.78, 5) is 30.6.